The average molecular weight is 452 g/mol. The Kier molecular flexibility index (Phi) is 5.13. The molecule has 1 atom stereocenters. The smallest absolute Gasteiger partial charge is 0.225 e. The van der Waals surface area contributed by atoms with Crippen molar-refractivity contribution in [3.63, 3.8) is 0 Å². The molecule has 1 amide bonds. The van der Waals surface area contributed by atoms with Crippen LogP contribution in [0, 0.1) is 18.8 Å². The van der Waals surface area contributed by atoms with E-state index in [1.165, 1.54) is 5.56 Å². The van der Waals surface area contributed by atoms with Crippen molar-refractivity contribution in [2.75, 3.05) is 13.1 Å². The van der Waals surface area contributed by atoms with Gasteiger partial charge in [0, 0.05) is 31.1 Å². The molecule has 0 spiro atoms. The minimum atomic E-state index is 0.268. The predicted molar refractivity (Wildman–Crippen MR) is 134 cm³/mol. The Balaban J connectivity index is 1.32. The van der Waals surface area contributed by atoms with Crippen molar-refractivity contribution in [2.24, 2.45) is 11.8 Å². The van der Waals surface area contributed by atoms with Crippen LogP contribution in [0.2, 0.25) is 0 Å². The van der Waals surface area contributed by atoms with Crippen LogP contribution in [0.4, 0.5) is 0 Å². The number of benzene rings is 3. The lowest BCUT2D eigenvalue weighted by molar-refractivity contribution is -0.131. The first-order chi connectivity index (χ1) is 16.5. The van der Waals surface area contributed by atoms with Crippen molar-refractivity contribution in [3.8, 4) is 28.3 Å². The number of fused-ring (bicyclic) bond motifs is 1. The summed E-state index contributed by atoms with van der Waals surface area (Å²) < 4.78 is 2.35. The van der Waals surface area contributed by atoms with E-state index in [1.54, 1.807) is 12.1 Å². The minimum absolute atomic E-state index is 0.268. The largest absolute Gasteiger partial charge is 0.508 e. The summed E-state index contributed by atoms with van der Waals surface area (Å²) in [5.74, 6) is 2.32. The molecule has 6 rings (SSSR count). The summed E-state index contributed by atoms with van der Waals surface area (Å²) in [6.07, 6.45) is 3.17. The van der Waals surface area contributed by atoms with E-state index in [0.29, 0.717) is 11.8 Å². The third kappa shape index (κ3) is 3.96. The molecule has 2 aliphatic rings. The van der Waals surface area contributed by atoms with Crippen LogP contribution >= 0.6 is 0 Å². The van der Waals surface area contributed by atoms with Gasteiger partial charge in [0.25, 0.3) is 0 Å². The van der Waals surface area contributed by atoms with Crippen molar-refractivity contribution in [2.45, 2.75) is 32.7 Å². The van der Waals surface area contributed by atoms with E-state index in [2.05, 4.69) is 58.9 Å². The Hall–Kier alpha value is -3.60. The summed E-state index contributed by atoms with van der Waals surface area (Å²) in [4.78, 5) is 19.7. The summed E-state index contributed by atoms with van der Waals surface area (Å²) in [6.45, 7) is 4.69. The van der Waals surface area contributed by atoms with Gasteiger partial charge in [-0.1, -0.05) is 42.5 Å². The summed E-state index contributed by atoms with van der Waals surface area (Å²) in [5, 5.41) is 9.83. The second kappa shape index (κ2) is 8.32. The Morgan fingerprint density at radius 1 is 0.971 bits per heavy atom. The molecule has 3 aromatic carbocycles. The van der Waals surface area contributed by atoms with Crippen molar-refractivity contribution in [1.29, 1.82) is 0 Å². The molecule has 5 nitrogen and oxygen atoms in total. The third-order valence-electron chi connectivity index (χ3n) is 7.19. The van der Waals surface area contributed by atoms with Gasteiger partial charge in [-0.05, 0) is 73.1 Å². The van der Waals surface area contributed by atoms with E-state index in [4.69, 9.17) is 4.98 Å². The first-order valence-corrected chi connectivity index (χ1v) is 12.2. The lowest BCUT2D eigenvalue weighted by Gasteiger charge is -2.18. The maximum absolute atomic E-state index is 12.6. The zero-order valence-electron chi connectivity index (χ0n) is 19.4. The lowest BCUT2D eigenvalue weighted by atomic mass is 10.0. The maximum atomic E-state index is 12.6. The number of nitrogens with zero attached hydrogens (tertiary/aromatic N) is 3. The highest BCUT2D eigenvalue weighted by Crippen LogP contribution is 2.34. The molecule has 1 aliphatic heterocycles. The van der Waals surface area contributed by atoms with E-state index in [1.807, 2.05) is 12.1 Å². The topological polar surface area (TPSA) is 58.4 Å². The number of likely N-dealkylation sites (tertiary alicyclic amines) is 1. The molecule has 1 aliphatic carbocycles. The van der Waals surface area contributed by atoms with Gasteiger partial charge in [-0.3, -0.25) is 4.79 Å². The van der Waals surface area contributed by atoms with E-state index in [9.17, 15) is 9.90 Å². The summed E-state index contributed by atoms with van der Waals surface area (Å²) in [6, 6.07) is 22.2. The molecule has 1 saturated heterocycles. The van der Waals surface area contributed by atoms with Crippen LogP contribution in [-0.4, -0.2) is 38.6 Å². The number of aromatic hydroxyl groups is 1. The Morgan fingerprint density at radius 3 is 2.53 bits per heavy atom. The van der Waals surface area contributed by atoms with Gasteiger partial charge in [0.15, 0.2) is 0 Å². The van der Waals surface area contributed by atoms with Gasteiger partial charge in [0.05, 0.1) is 11.0 Å². The first-order valence-electron chi connectivity index (χ1n) is 12.2. The molecule has 172 valence electrons. The van der Waals surface area contributed by atoms with Crippen LogP contribution in [0.5, 0.6) is 5.75 Å². The number of phenolic OH excluding ortho intramolecular Hbond substituents is 1. The molecule has 2 heterocycles. The maximum Gasteiger partial charge on any atom is 0.225 e. The second-order valence-electron chi connectivity index (χ2n) is 9.88. The first kappa shape index (κ1) is 21.0. The van der Waals surface area contributed by atoms with Crippen molar-refractivity contribution < 1.29 is 9.90 Å². The average Bonchev–Trinajstić information content (AvgIpc) is 3.50. The third-order valence-corrected chi connectivity index (χ3v) is 7.19. The number of carbonyl (C=O) groups is 1. The highest BCUT2D eigenvalue weighted by Gasteiger charge is 2.36. The number of carbonyl (C=O) groups excluding carboxylic acids is 1. The fourth-order valence-corrected chi connectivity index (χ4v) is 5.16. The molecular formula is C29H29N3O2. The fraction of sp³-hybridized carbons (Fsp3) is 0.310. The Labute approximate surface area is 199 Å². The van der Waals surface area contributed by atoms with E-state index in [0.717, 1.165) is 72.4 Å². The number of hydrogen-bond acceptors (Lipinski definition) is 3. The van der Waals surface area contributed by atoms with Gasteiger partial charge in [0.2, 0.25) is 5.91 Å². The molecule has 0 radical (unpaired) electrons. The molecule has 0 bridgehead atoms. The summed E-state index contributed by atoms with van der Waals surface area (Å²) in [7, 11) is 0. The standard InChI is InChI=1S/C29H29N3O2/c1-19-5-12-26-27(15-19)32(18-20-13-14-31(17-20)29(34)23-10-11-23)28(30-26)22-8-6-21(7-9-22)24-3-2-4-25(33)16-24/h2-9,12,15-16,20,23,33H,10-11,13-14,17-18H2,1H3. The number of phenols is 1. The van der Waals surface area contributed by atoms with Gasteiger partial charge in [0.1, 0.15) is 11.6 Å². The van der Waals surface area contributed by atoms with E-state index < -0.39 is 0 Å². The summed E-state index contributed by atoms with van der Waals surface area (Å²) in [5.41, 5.74) is 6.49. The van der Waals surface area contributed by atoms with E-state index >= 15 is 0 Å². The van der Waals surface area contributed by atoms with Crippen LogP contribution in [0.25, 0.3) is 33.5 Å². The fourth-order valence-electron chi connectivity index (χ4n) is 5.16. The molecule has 1 saturated carbocycles. The number of aryl methyl sites for hydroxylation is 1. The highest BCUT2D eigenvalue weighted by molar-refractivity contribution is 5.82. The lowest BCUT2D eigenvalue weighted by Crippen LogP contribution is -2.30. The monoisotopic (exact) mass is 451 g/mol. The van der Waals surface area contributed by atoms with Gasteiger partial charge >= 0.3 is 0 Å². The second-order valence-corrected chi connectivity index (χ2v) is 9.88. The molecular weight excluding hydrogens is 422 g/mol. The van der Waals surface area contributed by atoms with Gasteiger partial charge in [-0.15, -0.1) is 0 Å². The van der Waals surface area contributed by atoms with Crippen molar-refractivity contribution in [3.05, 3.63) is 72.3 Å². The quantitative estimate of drug-likeness (QED) is 0.427. The predicted octanol–water partition coefficient (Wildman–Crippen LogP) is 5.64. The van der Waals surface area contributed by atoms with Crippen LogP contribution in [0.1, 0.15) is 24.8 Å². The number of amides is 1. The molecule has 1 unspecified atom stereocenters. The highest BCUT2D eigenvalue weighted by atomic mass is 16.3. The molecule has 4 aromatic rings. The van der Waals surface area contributed by atoms with Crippen molar-refractivity contribution >= 4 is 16.9 Å². The molecule has 34 heavy (non-hydrogen) atoms. The van der Waals surface area contributed by atoms with Gasteiger partial charge in [-0.25, -0.2) is 4.98 Å². The zero-order chi connectivity index (χ0) is 23.2. The van der Waals surface area contributed by atoms with Gasteiger partial charge < -0.3 is 14.6 Å². The van der Waals surface area contributed by atoms with Crippen LogP contribution < -0.4 is 0 Å². The zero-order valence-corrected chi connectivity index (χ0v) is 19.4. The molecule has 2 fully saturated rings. The normalized spacial score (nSPS) is 18.0. The SMILES string of the molecule is Cc1ccc2nc(-c3ccc(-c4cccc(O)c4)cc3)n(CC3CCN(C(=O)C4CC4)C3)c2c1. The van der Waals surface area contributed by atoms with Gasteiger partial charge in [-0.2, -0.15) is 0 Å². The summed E-state index contributed by atoms with van der Waals surface area (Å²) >= 11 is 0. The van der Waals surface area contributed by atoms with E-state index in [-0.39, 0.29) is 11.7 Å². The number of hydrogen-bond donors (Lipinski definition) is 1. The molecule has 5 heteroatoms. The van der Waals surface area contributed by atoms with Crippen molar-refractivity contribution in [1.82, 2.24) is 14.5 Å². The minimum Gasteiger partial charge on any atom is -0.508 e. The van der Waals surface area contributed by atoms with Crippen LogP contribution in [-0.2, 0) is 11.3 Å². The van der Waals surface area contributed by atoms with Crippen LogP contribution in [0.3, 0.4) is 0 Å². The number of imidazole rings is 1. The van der Waals surface area contributed by atoms with Crippen LogP contribution in [0.15, 0.2) is 66.7 Å². The Bertz CT molecular complexity index is 1370. The Morgan fingerprint density at radius 2 is 1.76 bits per heavy atom. The molecule has 1 aromatic heterocycles. The number of rotatable bonds is 5. The molecule has 1 N–H and O–H groups in total. The number of aromatic nitrogens is 2.